The summed E-state index contributed by atoms with van der Waals surface area (Å²) < 4.78 is 0. The van der Waals surface area contributed by atoms with Crippen molar-refractivity contribution in [3.8, 4) is 0 Å². The molecule has 0 bridgehead atoms. The van der Waals surface area contributed by atoms with Crippen LogP contribution in [0.15, 0.2) is 84.9 Å². The van der Waals surface area contributed by atoms with Gasteiger partial charge in [0.2, 0.25) is 11.8 Å². The summed E-state index contributed by atoms with van der Waals surface area (Å²) in [6.07, 6.45) is 0.409. The van der Waals surface area contributed by atoms with E-state index in [9.17, 15) is 19.7 Å². The molecule has 0 fully saturated rings. The minimum absolute atomic E-state index is 0.0354. The number of non-ortho nitro benzene ring substituents is 1. The van der Waals surface area contributed by atoms with E-state index in [0.29, 0.717) is 18.7 Å². The Morgan fingerprint density at radius 1 is 0.912 bits per heavy atom. The summed E-state index contributed by atoms with van der Waals surface area (Å²) in [6, 6.07) is 24.9. The third-order valence-electron chi connectivity index (χ3n) is 5.35. The molecule has 8 heteroatoms. The summed E-state index contributed by atoms with van der Waals surface area (Å²) in [7, 11) is 1.58. The number of hydrogen-bond donors (Lipinski definition) is 1. The molecule has 1 N–H and O–H groups in total. The fraction of sp³-hybridized carbons (Fsp3) is 0.231. The Bertz CT molecular complexity index is 1090. The van der Waals surface area contributed by atoms with Gasteiger partial charge in [-0.25, -0.2) is 0 Å². The van der Waals surface area contributed by atoms with E-state index in [1.54, 1.807) is 24.1 Å². The van der Waals surface area contributed by atoms with Gasteiger partial charge in [0.1, 0.15) is 6.04 Å². The van der Waals surface area contributed by atoms with Gasteiger partial charge in [0.15, 0.2) is 0 Å². The molecule has 0 aliphatic heterocycles. The lowest BCUT2D eigenvalue weighted by atomic mass is 10.0. The first-order chi connectivity index (χ1) is 16.5. The molecule has 0 heterocycles. The van der Waals surface area contributed by atoms with E-state index in [0.717, 1.165) is 16.7 Å². The quantitative estimate of drug-likeness (QED) is 0.330. The van der Waals surface area contributed by atoms with E-state index < -0.39 is 11.0 Å². The van der Waals surface area contributed by atoms with Crippen LogP contribution in [0, 0.1) is 10.1 Å². The van der Waals surface area contributed by atoms with Crippen molar-refractivity contribution >= 4 is 29.3 Å². The summed E-state index contributed by atoms with van der Waals surface area (Å²) in [6.45, 7) is 0.322. The van der Waals surface area contributed by atoms with Crippen molar-refractivity contribution in [2.45, 2.75) is 24.8 Å². The van der Waals surface area contributed by atoms with E-state index in [-0.39, 0.29) is 23.3 Å². The highest BCUT2D eigenvalue weighted by Crippen LogP contribution is 2.20. The Morgan fingerprint density at radius 2 is 1.50 bits per heavy atom. The number of nitro benzene ring substituents is 1. The molecule has 176 valence electrons. The Balaban J connectivity index is 1.75. The number of carbonyl (C=O) groups excluding carboxylic acids is 2. The van der Waals surface area contributed by atoms with Gasteiger partial charge < -0.3 is 10.2 Å². The van der Waals surface area contributed by atoms with Crippen molar-refractivity contribution in [2.75, 3.05) is 12.8 Å². The second-order valence-electron chi connectivity index (χ2n) is 7.74. The van der Waals surface area contributed by atoms with Gasteiger partial charge in [-0.2, -0.15) is 0 Å². The van der Waals surface area contributed by atoms with Crippen LogP contribution in [-0.4, -0.2) is 40.5 Å². The molecule has 3 aromatic rings. The first kappa shape index (κ1) is 25.0. The van der Waals surface area contributed by atoms with Gasteiger partial charge >= 0.3 is 0 Å². The number of rotatable bonds is 11. The first-order valence-electron chi connectivity index (χ1n) is 10.9. The number of nitro groups is 1. The third kappa shape index (κ3) is 7.18. The molecule has 2 amide bonds. The summed E-state index contributed by atoms with van der Waals surface area (Å²) in [4.78, 5) is 38.3. The number of amides is 2. The topological polar surface area (TPSA) is 92.6 Å². The summed E-state index contributed by atoms with van der Waals surface area (Å²) >= 11 is 1.42. The highest BCUT2D eigenvalue weighted by atomic mass is 32.2. The van der Waals surface area contributed by atoms with Crippen LogP contribution in [-0.2, 0) is 28.3 Å². The van der Waals surface area contributed by atoms with E-state index >= 15 is 0 Å². The van der Waals surface area contributed by atoms with E-state index in [1.807, 2.05) is 60.7 Å². The third-order valence-corrected chi connectivity index (χ3v) is 6.34. The molecule has 1 unspecified atom stereocenters. The Labute approximate surface area is 203 Å². The Kier molecular flexibility index (Phi) is 9.22. The molecule has 0 radical (unpaired) electrons. The minimum Gasteiger partial charge on any atom is -0.357 e. The van der Waals surface area contributed by atoms with Crippen LogP contribution < -0.4 is 5.32 Å². The standard InChI is InChI=1S/C26H27N3O4S/c1-27-26(31)24(16-20-8-4-2-5-9-20)28(17-21-10-6-3-7-11-21)25(30)19-34-18-22-12-14-23(15-13-22)29(32)33/h2-15,24H,16-19H2,1H3,(H,27,31). The van der Waals surface area contributed by atoms with E-state index in [4.69, 9.17) is 0 Å². The van der Waals surface area contributed by atoms with Gasteiger partial charge in [-0.15, -0.1) is 11.8 Å². The minimum atomic E-state index is -0.653. The Morgan fingerprint density at radius 3 is 2.06 bits per heavy atom. The van der Waals surface area contributed by atoms with Gasteiger partial charge in [0.25, 0.3) is 5.69 Å². The largest absolute Gasteiger partial charge is 0.357 e. The van der Waals surface area contributed by atoms with Crippen molar-refractivity contribution in [3.63, 3.8) is 0 Å². The monoisotopic (exact) mass is 477 g/mol. The SMILES string of the molecule is CNC(=O)C(Cc1ccccc1)N(Cc1ccccc1)C(=O)CSCc1ccc([N+](=O)[O-])cc1. The maximum absolute atomic E-state index is 13.4. The molecule has 0 aromatic heterocycles. The summed E-state index contributed by atoms with van der Waals surface area (Å²) in [5.41, 5.74) is 2.84. The molecule has 0 aliphatic rings. The van der Waals surface area contributed by atoms with Crippen LogP contribution in [0.4, 0.5) is 5.69 Å². The number of nitrogens with one attached hydrogen (secondary N) is 1. The molecule has 0 saturated carbocycles. The second-order valence-corrected chi connectivity index (χ2v) is 8.73. The van der Waals surface area contributed by atoms with Crippen molar-refractivity contribution in [1.29, 1.82) is 0 Å². The number of hydrogen-bond acceptors (Lipinski definition) is 5. The zero-order chi connectivity index (χ0) is 24.3. The van der Waals surface area contributed by atoms with Gasteiger partial charge in [-0.05, 0) is 16.7 Å². The maximum Gasteiger partial charge on any atom is 0.269 e. The van der Waals surface area contributed by atoms with Crippen LogP contribution in [0.2, 0.25) is 0 Å². The molecular formula is C26H27N3O4S. The molecule has 0 aliphatic carbocycles. The maximum atomic E-state index is 13.4. The second kappa shape index (κ2) is 12.6. The fourth-order valence-electron chi connectivity index (χ4n) is 3.55. The lowest BCUT2D eigenvalue weighted by Gasteiger charge is -2.31. The average Bonchev–Trinajstić information content (AvgIpc) is 2.87. The van der Waals surface area contributed by atoms with Crippen LogP contribution >= 0.6 is 11.8 Å². The molecule has 3 aromatic carbocycles. The number of thioether (sulfide) groups is 1. The van der Waals surface area contributed by atoms with Crippen LogP contribution in [0.5, 0.6) is 0 Å². The Hall–Kier alpha value is -3.65. The number of likely N-dealkylation sites (N-methyl/N-ethyl adjacent to an activating group) is 1. The average molecular weight is 478 g/mol. The number of carbonyl (C=O) groups is 2. The molecule has 1 atom stereocenters. The van der Waals surface area contributed by atoms with Crippen molar-refractivity contribution < 1.29 is 14.5 Å². The molecule has 0 saturated heterocycles. The first-order valence-corrected chi connectivity index (χ1v) is 12.0. The van der Waals surface area contributed by atoms with Gasteiger partial charge in [-0.1, -0.05) is 72.8 Å². The van der Waals surface area contributed by atoms with Crippen LogP contribution in [0.1, 0.15) is 16.7 Å². The van der Waals surface area contributed by atoms with Crippen LogP contribution in [0.25, 0.3) is 0 Å². The fourth-order valence-corrected chi connectivity index (χ4v) is 4.42. The molecular weight excluding hydrogens is 450 g/mol. The summed E-state index contributed by atoms with van der Waals surface area (Å²) in [5, 5.41) is 13.5. The van der Waals surface area contributed by atoms with Gasteiger partial charge in [-0.3, -0.25) is 19.7 Å². The predicted octanol–water partition coefficient (Wildman–Crippen LogP) is 4.21. The van der Waals surface area contributed by atoms with Gasteiger partial charge in [0.05, 0.1) is 10.7 Å². The highest BCUT2D eigenvalue weighted by Gasteiger charge is 2.29. The predicted molar refractivity (Wildman–Crippen MR) is 134 cm³/mol. The lowest BCUT2D eigenvalue weighted by molar-refractivity contribution is -0.384. The molecule has 34 heavy (non-hydrogen) atoms. The zero-order valence-corrected chi connectivity index (χ0v) is 19.7. The molecule has 7 nitrogen and oxygen atoms in total. The van der Waals surface area contributed by atoms with Crippen molar-refractivity contribution in [3.05, 3.63) is 112 Å². The van der Waals surface area contributed by atoms with Crippen molar-refractivity contribution in [2.24, 2.45) is 0 Å². The molecule has 0 spiro atoms. The molecule has 3 rings (SSSR count). The van der Waals surface area contributed by atoms with E-state index in [2.05, 4.69) is 5.32 Å². The normalized spacial score (nSPS) is 11.4. The van der Waals surface area contributed by atoms with Crippen LogP contribution in [0.3, 0.4) is 0 Å². The van der Waals surface area contributed by atoms with E-state index in [1.165, 1.54) is 23.9 Å². The van der Waals surface area contributed by atoms with Crippen molar-refractivity contribution in [1.82, 2.24) is 10.2 Å². The number of benzene rings is 3. The lowest BCUT2D eigenvalue weighted by Crippen LogP contribution is -2.50. The van der Waals surface area contributed by atoms with Gasteiger partial charge in [0, 0.05) is 37.9 Å². The zero-order valence-electron chi connectivity index (χ0n) is 18.9. The highest BCUT2D eigenvalue weighted by molar-refractivity contribution is 7.99. The smallest absolute Gasteiger partial charge is 0.269 e. The number of nitrogens with zero attached hydrogens (tertiary/aromatic N) is 2. The summed E-state index contributed by atoms with van der Waals surface area (Å²) in [5.74, 6) is 0.368.